The topological polar surface area (TPSA) is 12.0 Å². The minimum absolute atomic E-state index is 0.360. The first-order valence-corrected chi connectivity index (χ1v) is 7.12. The number of rotatable bonds is 5. The molecule has 1 nitrogen and oxygen atoms in total. The van der Waals surface area contributed by atoms with Crippen LogP contribution in [0.3, 0.4) is 0 Å². The van der Waals surface area contributed by atoms with E-state index in [2.05, 4.69) is 24.4 Å². The lowest BCUT2D eigenvalue weighted by Crippen LogP contribution is -2.27. The number of benzene rings is 2. The zero-order valence-corrected chi connectivity index (χ0v) is 12.4. The van der Waals surface area contributed by atoms with Crippen molar-refractivity contribution in [2.45, 2.75) is 25.9 Å². The van der Waals surface area contributed by atoms with Gasteiger partial charge in [0, 0.05) is 22.6 Å². The molecule has 0 spiro atoms. The van der Waals surface area contributed by atoms with Crippen LogP contribution in [-0.2, 0) is 13.0 Å². The van der Waals surface area contributed by atoms with Gasteiger partial charge in [0.25, 0.3) is 0 Å². The van der Waals surface area contributed by atoms with Crippen LogP contribution in [0.2, 0.25) is 10.0 Å². The molecule has 0 aliphatic carbocycles. The molecule has 0 amide bonds. The van der Waals surface area contributed by atoms with E-state index in [0.29, 0.717) is 6.04 Å². The van der Waals surface area contributed by atoms with Gasteiger partial charge < -0.3 is 5.32 Å². The van der Waals surface area contributed by atoms with Crippen LogP contribution in [0.4, 0.5) is 0 Å². The smallest absolute Gasteiger partial charge is 0.0438 e. The molecule has 1 atom stereocenters. The molecule has 0 aliphatic rings. The Balaban J connectivity index is 1.88. The van der Waals surface area contributed by atoms with E-state index in [1.165, 1.54) is 11.1 Å². The van der Waals surface area contributed by atoms with Crippen LogP contribution >= 0.6 is 23.2 Å². The lowest BCUT2D eigenvalue weighted by atomic mass is 10.1. The van der Waals surface area contributed by atoms with Gasteiger partial charge in [-0.1, -0.05) is 53.5 Å². The van der Waals surface area contributed by atoms with E-state index in [4.69, 9.17) is 23.2 Å². The van der Waals surface area contributed by atoms with Crippen molar-refractivity contribution in [1.29, 1.82) is 0 Å². The van der Waals surface area contributed by atoms with Gasteiger partial charge in [-0.2, -0.15) is 0 Å². The van der Waals surface area contributed by atoms with Gasteiger partial charge in [-0.05, 0) is 42.7 Å². The van der Waals surface area contributed by atoms with Gasteiger partial charge in [-0.3, -0.25) is 0 Å². The molecule has 0 fully saturated rings. The van der Waals surface area contributed by atoms with Gasteiger partial charge in [0.15, 0.2) is 0 Å². The highest BCUT2D eigenvalue weighted by atomic mass is 35.5. The summed E-state index contributed by atoms with van der Waals surface area (Å²) in [5.74, 6) is 0. The van der Waals surface area contributed by atoms with E-state index < -0.39 is 0 Å². The van der Waals surface area contributed by atoms with E-state index in [1.807, 2.05) is 36.4 Å². The molecule has 1 unspecified atom stereocenters. The SMILES string of the molecule is CC(Cc1ccccc1Cl)NCc1cccc(Cl)c1. The van der Waals surface area contributed by atoms with Gasteiger partial charge in [-0.25, -0.2) is 0 Å². The Bertz CT molecular complexity index is 540. The van der Waals surface area contributed by atoms with Crippen molar-refractivity contribution >= 4 is 23.2 Å². The van der Waals surface area contributed by atoms with Crippen molar-refractivity contribution in [1.82, 2.24) is 5.32 Å². The molecular formula is C16H17Cl2N. The normalized spacial score (nSPS) is 12.4. The molecule has 0 aliphatic heterocycles. The van der Waals surface area contributed by atoms with Crippen LogP contribution in [0.15, 0.2) is 48.5 Å². The average Bonchev–Trinajstić information content (AvgIpc) is 2.39. The number of nitrogens with one attached hydrogen (secondary N) is 1. The molecule has 100 valence electrons. The second-order valence-corrected chi connectivity index (χ2v) is 5.55. The minimum Gasteiger partial charge on any atom is -0.310 e. The lowest BCUT2D eigenvalue weighted by molar-refractivity contribution is 0.545. The molecular weight excluding hydrogens is 277 g/mol. The summed E-state index contributed by atoms with van der Waals surface area (Å²) in [4.78, 5) is 0. The van der Waals surface area contributed by atoms with E-state index >= 15 is 0 Å². The highest BCUT2D eigenvalue weighted by Crippen LogP contribution is 2.17. The van der Waals surface area contributed by atoms with Crippen molar-refractivity contribution in [2.75, 3.05) is 0 Å². The van der Waals surface area contributed by atoms with E-state index in [1.54, 1.807) is 0 Å². The largest absolute Gasteiger partial charge is 0.310 e. The van der Waals surface area contributed by atoms with Crippen LogP contribution in [0.25, 0.3) is 0 Å². The van der Waals surface area contributed by atoms with Crippen LogP contribution in [0.1, 0.15) is 18.1 Å². The van der Waals surface area contributed by atoms with Gasteiger partial charge in [-0.15, -0.1) is 0 Å². The lowest BCUT2D eigenvalue weighted by Gasteiger charge is -2.15. The van der Waals surface area contributed by atoms with Crippen molar-refractivity contribution in [2.24, 2.45) is 0 Å². The zero-order chi connectivity index (χ0) is 13.7. The van der Waals surface area contributed by atoms with Crippen LogP contribution in [0, 0.1) is 0 Å². The second-order valence-electron chi connectivity index (χ2n) is 4.71. The number of hydrogen-bond acceptors (Lipinski definition) is 1. The highest BCUT2D eigenvalue weighted by Gasteiger charge is 2.06. The first-order valence-electron chi connectivity index (χ1n) is 6.36. The Morgan fingerprint density at radius 1 is 1.05 bits per heavy atom. The molecule has 2 aromatic rings. The summed E-state index contributed by atoms with van der Waals surface area (Å²) in [7, 11) is 0. The predicted molar refractivity (Wildman–Crippen MR) is 82.9 cm³/mol. The summed E-state index contributed by atoms with van der Waals surface area (Å²) in [6.07, 6.45) is 0.917. The molecule has 3 heteroatoms. The van der Waals surface area contributed by atoms with Gasteiger partial charge in [0.2, 0.25) is 0 Å². The average molecular weight is 294 g/mol. The van der Waals surface area contributed by atoms with Crippen LogP contribution < -0.4 is 5.32 Å². The summed E-state index contributed by atoms with van der Waals surface area (Å²) >= 11 is 12.1. The Kier molecular flexibility index (Phi) is 5.26. The fourth-order valence-corrected chi connectivity index (χ4v) is 2.43. The van der Waals surface area contributed by atoms with Crippen molar-refractivity contribution in [3.8, 4) is 0 Å². The Morgan fingerprint density at radius 2 is 1.84 bits per heavy atom. The Hall–Kier alpha value is -1.02. The van der Waals surface area contributed by atoms with E-state index in [0.717, 1.165) is 23.0 Å². The van der Waals surface area contributed by atoms with Crippen molar-refractivity contribution in [3.63, 3.8) is 0 Å². The van der Waals surface area contributed by atoms with E-state index in [-0.39, 0.29) is 0 Å². The maximum absolute atomic E-state index is 6.16. The predicted octanol–water partition coefficient (Wildman–Crippen LogP) is 4.71. The Morgan fingerprint density at radius 3 is 2.58 bits per heavy atom. The first kappa shape index (κ1) is 14.4. The molecule has 0 radical (unpaired) electrons. The van der Waals surface area contributed by atoms with Crippen molar-refractivity contribution in [3.05, 3.63) is 69.7 Å². The van der Waals surface area contributed by atoms with E-state index in [9.17, 15) is 0 Å². The van der Waals surface area contributed by atoms with Gasteiger partial charge >= 0.3 is 0 Å². The summed E-state index contributed by atoms with van der Waals surface area (Å²) in [5, 5.41) is 5.09. The van der Waals surface area contributed by atoms with Crippen LogP contribution in [-0.4, -0.2) is 6.04 Å². The second kappa shape index (κ2) is 6.95. The Labute approximate surface area is 124 Å². The van der Waals surface area contributed by atoms with Gasteiger partial charge in [0.1, 0.15) is 0 Å². The first-order chi connectivity index (χ1) is 9.15. The highest BCUT2D eigenvalue weighted by molar-refractivity contribution is 6.31. The molecule has 0 heterocycles. The molecule has 0 bridgehead atoms. The summed E-state index contributed by atoms with van der Waals surface area (Å²) in [5.41, 5.74) is 2.37. The monoisotopic (exact) mass is 293 g/mol. The molecule has 2 aromatic carbocycles. The third kappa shape index (κ3) is 4.54. The fourth-order valence-electron chi connectivity index (χ4n) is 2.00. The molecule has 0 saturated carbocycles. The quantitative estimate of drug-likeness (QED) is 0.841. The zero-order valence-electron chi connectivity index (χ0n) is 10.9. The third-order valence-corrected chi connectivity index (χ3v) is 3.63. The van der Waals surface area contributed by atoms with Crippen LogP contribution in [0.5, 0.6) is 0 Å². The molecule has 19 heavy (non-hydrogen) atoms. The maximum atomic E-state index is 6.16. The maximum Gasteiger partial charge on any atom is 0.0438 e. The van der Waals surface area contributed by atoms with Crippen molar-refractivity contribution < 1.29 is 0 Å². The minimum atomic E-state index is 0.360. The number of halogens is 2. The standard InChI is InChI=1S/C16H17Cl2N/c1-12(9-14-6-2-3-8-16(14)18)19-11-13-5-4-7-15(17)10-13/h2-8,10,12,19H,9,11H2,1H3. The fraction of sp³-hybridized carbons (Fsp3) is 0.250. The molecule has 0 aromatic heterocycles. The third-order valence-electron chi connectivity index (χ3n) is 3.03. The molecule has 2 rings (SSSR count). The number of hydrogen-bond donors (Lipinski definition) is 1. The molecule has 0 saturated heterocycles. The summed E-state index contributed by atoms with van der Waals surface area (Å²) < 4.78 is 0. The summed E-state index contributed by atoms with van der Waals surface area (Å²) in [6.45, 7) is 2.97. The molecule has 1 N–H and O–H groups in total. The summed E-state index contributed by atoms with van der Waals surface area (Å²) in [6, 6.07) is 16.2. The van der Waals surface area contributed by atoms with Gasteiger partial charge in [0.05, 0.1) is 0 Å².